The molecule has 78 valence electrons. The van der Waals surface area contributed by atoms with Gasteiger partial charge in [-0.15, -0.1) is 0 Å². The van der Waals surface area contributed by atoms with Crippen molar-refractivity contribution in [3.8, 4) is 0 Å². The van der Waals surface area contributed by atoms with E-state index in [-0.39, 0.29) is 5.56 Å². The predicted molar refractivity (Wildman–Crippen MR) is 56.9 cm³/mol. The first-order valence-electron chi connectivity index (χ1n) is 4.42. The molecule has 1 unspecified atom stereocenters. The van der Waals surface area contributed by atoms with Crippen molar-refractivity contribution in [2.24, 2.45) is 5.92 Å². The average molecular weight is 214 g/mol. The standard InChI is InChI=1S/C9H14N2O2S/c1-7(6-13-2)5-11-4-3-8(12)10-9(11)14/h3-4,7H,5-6H2,1-2H3,(H,10,12,14). The molecule has 0 aliphatic carbocycles. The van der Waals surface area contributed by atoms with Crippen LogP contribution in [0.4, 0.5) is 0 Å². The van der Waals surface area contributed by atoms with Gasteiger partial charge < -0.3 is 9.30 Å². The van der Waals surface area contributed by atoms with Crippen LogP contribution < -0.4 is 5.56 Å². The molecule has 1 aromatic heterocycles. The van der Waals surface area contributed by atoms with Crippen molar-refractivity contribution in [3.63, 3.8) is 0 Å². The molecule has 1 atom stereocenters. The fourth-order valence-electron chi connectivity index (χ4n) is 1.26. The van der Waals surface area contributed by atoms with Gasteiger partial charge in [0.2, 0.25) is 0 Å². The summed E-state index contributed by atoms with van der Waals surface area (Å²) < 4.78 is 7.31. The molecule has 0 fully saturated rings. The molecule has 1 rings (SSSR count). The molecular weight excluding hydrogens is 200 g/mol. The Bertz CT molecular complexity index is 396. The lowest BCUT2D eigenvalue weighted by Crippen LogP contribution is -2.17. The van der Waals surface area contributed by atoms with Gasteiger partial charge in [0.15, 0.2) is 4.77 Å². The predicted octanol–water partition coefficient (Wildman–Crippen LogP) is 1.19. The molecule has 1 aromatic rings. The number of ether oxygens (including phenoxy) is 1. The smallest absolute Gasteiger partial charge is 0.251 e. The normalized spacial score (nSPS) is 12.7. The second kappa shape index (κ2) is 5.07. The highest BCUT2D eigenvalue weighted by Gasteiger charge is 2.02. The zero-order valence-electron chi connectivity index (χ0n) is 8.32. The molecule has 0 aliphatic heterocycles. The second-order valence-electron chi connectivity index (χ2n) is 3.32. The van der Waals surface area contributed by atoms with E-state index in [1.165, 1.54) is 6.07 Å². The van der Waals surface area contributed by atoms with Crippen molar-refractivity contribution in [3.05, 3.63) is 27.4 Å². The number of rotatable bonds is 4. The summed E-state index contributed by atoms with van der Waals surface area (Å²) in [5, 5.41) is 0. The lowest BCUT2D eigenvalue weighted by Gasteiger charge is -2.12. The maximum atomic E-state index is 10.9. The van der Waals surface area contributed by atoms with E-state index in [2.05, 4.69) is 11.9 Å². The number of hydrogen-bond acceptors (Lipinski definition) is 3. The van der Waals surface area contributed by atoms with Gasteiger partial charge in [-0.1, -0.05) is 6.92 Å². The summed E-state index contributed by atoms with van der Waals surface area (Å²) in [5.41, 5.74) is -0.161. The van der Waals surface area contributed by atoms with Crippen LogP contribution in [0.3, 0.4) is 0 Å². The zero-order chi connectivity index (χ0) is 10.6. The maximum absolute atomic E-state index is 10.9. The Balaban J connectivity index is 2.77. The first kappa shape index (κ1) is 11.1. The van der Waals surface area contributed by atoms with E-state index in [0.29, 0.717) is 17.3 Å². The Labute approximate surface area is 87.5 Å². The first-order valence-corrected chi connectivity index (χ1v) is 4.83. The van der Waals surface area contributed by atoms with Crippen LogP contribution in [0.5, 0.6) is 0 Å². The Morgan fingerprint density at radius 3 is 3.00 bits per heavy atom. The minimum Gasteiger partial charge on any atom is -0.384 e. The summed E-state index contributed by atoms with van der Waals surface area (Å²) in [4.78, 5) is 13.5. The summed E-state index contributed by atoms with van der Waals surface area (Å²) in [6.45, 7) is 3.50. The molecule has 4 nitrogen and oxygen atoms in total. The molecule has 14 heavy (non-hydrogen) atoms. The van der Waals surface area contributed by atoms with E-state index in [1.807, 2.05) is 4.57 Å². The topological polar surface area (TPSA) is 47.0 Å². The van der Waals surface area contributed by atoms with E-state index in [9.17, 15) is 4.79 Å². The van der Waals surface area contributed by atoms with Gasteiger partial charge in [-0.2, -0.15) is 0 Å². The third kappa shape index (κ3) is 3.08. The highest BCUT2D eigenvalue weighted by Crippen LogP contribution is 2.00. The lowest BCUT2D eigenvalue weighted by molar-refractivity contribution is 0.151. The average Bonchev–Trinajstić information content (AvgIpc) is 2.10. The van der Waals surface area contributed by atoms with Crippen molar-refractivity contribution in [1.29, 1.82) is 0 Å². The lowest BCUT2D eigenvalue weighted by atomic mass is 10.2. The molecule has 0 radical (unpaired) electrons. The number of nitrogens with one attached hydrogen (secondary N) is 1. The molecule has 1 heterocycles. The SMILES string of the molecule is COCC(C)Cn1ccc(=O)[nH]c1=S. The molecule has 0 aliphatic rings. The number of aromatic nitrogens is 2. The number of methoxy groups -OCH3 is 1. The van der Waals surface area contributed by atoms with Gasteiger partial charge in [-0.3, -0.25) is 9.78 Å². The Morgan fingerprint density at radius 1 is 1.71 bits per heavy atom. The zero-order valence-corrected chi connectivity index (χ0v) is 9.13. The summed E-state index contributed by atoms with van der Waals surface area (Å²) >= 11 is 5.01. The summed E-state index contributed by atoms with van der Waals surface area (Å²) in [6.07, 6.45) is 1.70. The summed E-state index contributed by atoms with van der Waals surface area (Å²) in [7, 11) is 1.67. The van der Waals surface area contributed by atoms with E-state index in [4.69, 9.17) is 17.0 Å². The number of hydrogen-bond donors (Lipinski definition) is 1. The Kier molecular flexibility index (Phi) is 4.03. The maximum Gasteiger partial charge on any atom is 0.251 e. The van der Waals surface area contributed by atoms with Crippen molar-refractivity contribution in [2.75, 3.05) is 13.7 Å². The highest BCUT2D eigenvalue weighted by atomic mass is 32.1. The Morgan fingerprint density at radius 2 is 2.43 bits per heavy atom. The van der Waals surface area contributed by atoms with Gasteiger partial charge in [0.05, 0.1) is 6.61 Å². The fourth-order valence-corrected chi connectivity index (χ4v) is 1.50. The van der Waals surface area contributed by atoms with Crippen LogP contribution in [0.15, 0.2) is 17.1 Å². The molecule has 0 bridgehead atoms. The molecule has 0 saturated carbocycles. The molecule has 0 aromatic carbocycles. The van der Waals surface area contributed by atoms with E-state index < -0.39 is 0 Å². The Hall–Kier alpha value is -0.940. The van der Waals surface area contributed by atoms with Gasteiger partial charge in [0, 0.05) is 25.9 Å². The molecule has 0 spiro atoms. The molecule has 0 amide bonds. The molecule has 1 N–H and O–H groups in total. The number of nitrogens with zero attached hydrogens (tertiary/aromatic N) is 1. The molecule has 5 heteroatoms. The quantitative estimate of drug-likeness (QED) is 0.766. The van der Waals surface area contributed by atoms with Crippen molar-refractivity contribution in [1.82, 2.24) is 9.55 Å². The van der Waals surface area contributed by atoms with Crippen LogP contribution in [0, 0.1) is 10.7 Å². The van der Waals surface area contributed by atoms with E-state index in [1.54, 1.807) is 13.3 Å². The molecule has 0 saturated heterocycles. The van der Waals surface area contributed by atoms with E-state index >= 15 is 0 Å². The third-order valence-electron chi connectivity index (χ3n) is 1.86. The van der Waals surface area contributed by atoms with Crippen molar-refractivity contribution >= 4 is 12.2 Å². The van der Waals surface area contributed by atoms with E-state index in [0.717, 1.165) is 6.54 Å². The second-order valence-corrected chi connectivity index (χ2v) is 3.71. The van der Waals surface area contributed by atoms with Crippen LogP contribution in [-0.4, -0.2) is 23.3 Å². The number of H-pyrrole nitrogens is 1. The van der Waals surface area contributed by atoms with Gasteiger partial charge in [-0.25, -0.2) is 0 Å². The number of aromatic amines is 1. The highest BCUT2D eigenvalue weighted by molar-refractivity contribution is 7.71. The van der Waals surface area contributed by atoms with Gasteiger partial charge in [0.1, 0.15) is 0 Å². The van der Waals surface area contributed by atoms with Crippen LogP contribution in [-0.2, 0) is 11.3 Å². The van der Waals surface area contributed by atoms with Crippen LogP contribution in [0.2, 0.25) is 0 Å². The fraction of sp³-hybridized carbons (Fsp3) is 0.556. The minimum atomic E-state index is -0.161. The summed E-state index contributed by atoms with van der Waals surface area (Å²) in [5.74, 6) is 0.373. The van der Waals surface area contributed by atoms with Crippen LogP contribution >= 0.6 is 12.2 Å². The van der Waals surface area contributed by atoms with Crippen LogP contribution in [0.1, 0.15) is 6.92 Å². The summed E-state index contributed by atoms with van der Waals surface area (Å²) in [6, 6.07) is 1.47. The van der Waals surface area contributed by atoms with Crippen LogP contribution in [0.25, 0.3) is 0 Å². The van der Waals surface area contributed by atoms with Crippen molar-refractivity contribution < 1.29 is 4.74 Å². The minimum absolute atomic E-state index is 0.161. The largest absolute Gasteiger partial charge is 0.384 e. The molecular formula is C9H14N2O2S. The monoisotopic (exact) mass is 214 g/mol. The first-order chi connectivity index (χ1) is 6.63. The third-order valence-corrected chi connectivity index (χ3v) is 2.19. The van der Waals surface area contributed by atoms with Gasteiger partial charge in [-0.05, 0) is 18.1 Å². The van der Waals surface area contributed by atoms with Gasteiger partial charge >= 0.3 is 0 Å². The van der Waals surface area contributed by atoms with Gasteiger partial charge in [0.25, 0.3) is 5.56 Å². The van der Waals surface area contributed by atoms with Crippen molar-refractivity contribution in [2.45, 2.75) is 13.5 Å².